The maximum absolute atomic E-state index is 12.7. The van der Waals surface area contributed by atoms with E-state index in [4.69, 9.17) is 0 Å². The summed E-state index contributed by atoms with van der Waals surface area (Å²) in [6.45, 7) is 5.85. The molecule has 4 aliphatic carbocycles. The lowest BCUT2D eigenvalue weighted by atomic mass is 9.48. The van der Waals surface area contributed by atoms with E-state index < -0.39 is 0 Å². The average Bonchev–Trinajstić information content (AvgIpc) is 2.25. The van der Waals surface area contributed by atoms with Crippen molar-refractivity contribution < 1.29 is 9.90 Å². The van der Waals surface area contributed by atoms with Crippen LogP contribution in [0, 0.1) is 28.6 Å². The Balaban J connectivity index is 1.84. The maximum atomic E-state index is 12.7. The molecule has 1 N–H and O–H groups in total. The van der Waals surface area contributed by atoms with Crippen LogP contribution in [0.5, 0.6) is 0 Å². The molecule has 0 heterocycles. The number of aliphatic hydroxyl groups is 1. The van der Waals surface area contributed by atoms with Gasteiger partial charge in [0.05, 0.1) is 0 Å². The predicted octanol–water partition coefficient (Wildman–Crippen LogP) is 4.26. The molecule has 0 aromatic heterocycles. The van der Waals surface area contributed by atoms with Gasteiger partial charge in [-0.3, -0.25) is 4.79 Å². The minimum absolute atomic E-state index is 0.117. The minimum atomic E-state index is -0.321. The number of hydrogen-bond acceptors (Lipinski definition) is 2. The van der Waals surface area contributed by atoms with Crippen molar-refractivity contribution in [2.75, 3.05) is 0 Å². The Morgan fingerprint density at radius 3 is 1.84 bits per heavy atom. The smallest absolute Gasteiger partial charge is 0.165 e. The van der Waals surface area contributed by atoms with Crippen LogP contribution in [0.15, 0.2) is 11.8 Å². The van der Waals surface area contributed by atoms with E-state index >= 15 is 0 Å². The summed E-state index contributed by atoms with van der Waals surface area (Å²) >= 11 is 0. The van der Waals surface area contributed by atoms with Gasteiger partial charge >= 0.3 is 0 Å². The number of hydrogen-bond donors (Lipinski definition) is 1. The minimum Gasteiger partial charge on any atom is -0.512 e. The molecule has 19 heavy (non-hydrogen) atoms. The van der Waals surface area contributed by atoms with Gasteiger partial charge in [0, 0.05) is 16.9 Å². The molecule has 0 amide bonds. The van der Waals surface area contributed by atoms with Gasteiger partial charge in [-0.05, 0) is 56.3 Å². The number of aliphatic hydroxyl groups excluding tert-OH is 1. The van der Waals surface area contributed by atoms with E-state index in [1.807, 2.05) is 20.8 Å². The Morgan fingerprint density at radius 2 is 1.47 bits per heavy atom. The van der Waals surface area contributed by atoms with Crippen LogP contribution in [0.25, 0.3) is 0 Å². The van der Waals surface area contributed by atoms with E-state index in [1.165, 1.54) is 19.3 Å². The van der Waals surface area contributed by atoms with Crippen molar-refractivity contribution in [3.63, 3.8) is 0 Å². The molecule has 0 aromatic carbocycles. The maximum Gasteiger partial charge on any atom is 0.165 e. The third kappa shape index (κ3) is 2.23. The topological polar surface area (TPSA) is 37.3 Å². The SMILES string of the molecule is CC(C)(C)C(O)=CC(=O)C12CC3CC(CC(C3)C1)C2. The normalized spacial score (nSPS) is 41.6. The Hall–Kier alpha value is -0.790. The van der Waals surface area contributed by atoms with Crippen molar-refractivity contribution in [1.82, 2.24) is 0 Å². The van der Waals surface area contributed by atoms with E-state index in [9.17, 15) is 9.90 Å². The summed E-state index contributed by atoms with van der Waals surface area (Å²) in [7, 11) is 0. The molecule has 0 spiro atoms. The van der Waals surface area contributed by atoms with E-state index in [0.717, 1.165) is 37.0 Å². The lowest BCUT2D eigenvalue weighted by molar-refractivity contribution is -0.138. The summed E-state index contributed by atoms with van der Waals surface area (Å²) < 4.78 is 0. The quantitative estimate of drug-likeness (QED) is 0.596. The molecule has 4 saturated carbocycles. The van der Waals surface area contributed by atoms with Gasteiger partial charge in [-0.1, -0.05) is 20.8 Å². The Bertz CT molecular complexity index is 390. The second-order valence-corrected chi connectivity index (χ2v) is 8.34. The highest BCUT2D eigenvalue weighted by molar-refractivity contribution is 5.95. The van der Waals surface area contributed by atoms with Crippen molar-refractivity contribution in [3.8, 4) is 0 Å². The molecule has 4 fully saturated rings. The van der Waals surface area contributed by atoms with Crippen molar-refractivity contribution in [2.45, 2.75) is 59.3 Å². The van der Waals surface area contributed by atoms with Gasteiger partial charge in [-0.2, -0.15) is 0 Å². The van der Waals surface area contributed by atoms with Crippen LogP contribution in [0.2, 0.25) is 0 Å². The zero-order valence-corrected chi connectivity index (χ0v) is 12.4. The van der Waals surface area contributed by atoms with Crippen molar-refractivity contribution in [3.05, 3.63) is 11.8 Å². The van der Waals surface area contributed by atoms with E-state index in [1.54, 1.807) is 6.08 Å². The van der Waals surface area contributed by atoms with Crippen LogP contribution >= 0.6 is 0 Å². The van der Waals surface area contributed by atoms with Gasteiger partial charge in [0.15, 0.2) is 5.78 Å². The van der Waals surface area contributed by atoms with Gasteiger partial charge < -0.3 is 5.11 Å². The fraction of sp³-hybridized carbons (Fsp3) is 0.824. The third-order valence-electron chi connectivity index (χ3n) is 5.60. The van der Waals surface area contributed by atoms with Crippen molar-refractivity contribution >= 4 is 5.78 Å². The molecule has 4 bridgehead atoms. The highest BCUT2D eigenvalue weighted by Gasteiger charge is 2.53. The standard InChI is InChI=1S/C17H26O2/c1-16(2,3)14(18)7-15(19)17-8-11-4-12(9-17)6-13(5-11)10-17/h7,11-13,18H,4-6,8-10H2,1-3H3. The fourth-order valence-electron chi connectivity index (χ4n) is 4.91. The zero-order chi connectivity index (χ0) is 13.8. The predicted molar refractivity (Wildman–Crippen MR) is 75.8 cm³/mol. The van der Waals surface area contributed by atoms with E-state index in [0.29, 0.717) is 0 Å². The van der Waals surface area contributed by atoms with Crippen LogP contribution < -0.4 is 0 Å². The van der Waals surface area contributed by atoms with Crippen molar-refractivity contribution in [2.24, 2.45) is 28.6 Å². The van der Waals surface area contributed by atoms with Crippen LogP contribution in [0.3, 0.4) is 0 Å². The highest BCUT2D eigenvalue weighted by Crippen LogP contribution is 2.60. The average molecular weight is 262 g/mol. The van der Waals surface area contributed by atoms with Gasteiger partial charge in [-0.25, -0.2) is 0 Å². The second kappa shape index (κ2) is 4.10. The van der Waals surface area contributed by atoms with Crippen LogP contribution in [-0.4, -0.2) is 10.9 Å². The van der Waals surface area contributed by atoms with Gasteiger partial charge in [-0.15, -0.1) is 0 Å². The number of ketones is 1. The summed E-state index contributed by atoms with van der Waals surface area (Å²) in [5, 5.41) is 10.1. The first-order chi connectivity index (χ1) is 8.78. The Labute approximate surface area is 116 Å². The molecule has 0 aromatic rings. The van der Waals surface area contributed by atoms with Crippen molar-refractivity contribution in [1.29, 1.82) is 0 Å². The molecule has 0 unspecified atom stereocenters. The molecule has 2 heteroatoms. The van der Waals surface area contributed by atoms with Gasteiger partial charge in [0.1, 0.15) is 5.76 Å². The monoisotopic (exact) mass is 262 g/mol. The molecular formula is C17H26O2. The summed E-state index contributed by atoms with van der Waals surface area (Å²) in [6.07, 6.45) is 8.82. The van der Waals surface area contributed by atoms with Crippen LogP contribution in [0.1, 0.15) is 59.3 Å². The third-order valence-corrected chi connectivity index (χ3v) is 5.60. The first-order valence-electron chi connectivity index (χ1n) is 7.74. The number of carbonyl (C=O) groups excluding carboxylic acids is 1. The van der Waals surface area contributed by atoms with Gasteiger partial charge in [0.25, 0.3) is 0 Å². The molecule has 0 saturated heterocycles. The molecule has 0 radical (unpaired) electrons. The number of rotatable bonds is 2. The summed E-state index contributed by atoms with van der Waals surface area (Å²) in [4.78, 5) is 12.7. The van der Waals surface area contributed by atoms with E-state index in [2.05, 4.69) is 0 Å². The molecule has 0 atom stereocenters. The zero-order valence-electron chi connectivity index (χ0n) is 12.4. The first kappa shape index (κ1) is 13.2. The summed E-state index contributed by atoms with van der Waals surface area (Å²) in [5.41, 5.74) is -0.439. The summed E-state index contributed by atoms with van der Waals surface area (Å²) in [5.74, 6) is 2.79. The lowest BCUT2D eigenvalue weighted by Crippen LogP contribution is -2.49. The largest absolute Gasteiger partial charge is 0.512 e. The Kier molecular flexibility index (Phi) is 2.85. The number of allylic oxidation sites excluding steroid dienone is 2. The van der Waals surface area contributed by atoms with Crippen LogP contribution in [0.4, 0.5) is 0 Å². The molecule has 0 aliphatic heterocycles. The van der Waals surface area contributed by atoms with Crippen LogP contribution in [-0.2, 0) is 4.79 Å². The first-order valence-corrected chi connectivity index (χ1v) is 7.74. The molecule has 2 nitrogen and oxygen atoms in total. The summed E-state index contributed by atoms with van der Waals surface area (Å²) in [6, 6.07) is 0. The van der Waals surface area contributed by atoms with E-state index in [-0.39, 0.29) is 22.4 Å². The Morgan fingerprint density at radius 1 is 1.05 bits per heavy atom. The number of carbonyl (C=O) groups is 1. The molecular weight excluding hydrogens is 236 g/mol. The lowest BCUT2D eigenvalue weighted by Gasteiger charge is -2.55. The molecule has 4 rings (SSSR count). The fourth-order valence-corrected chi connectivity index (χ4v) is 4.91. The second-order valence-electron chi connectivity index (χ2n) is 8.34. The molecule has 106 valence electrons. The van der Waals surface area contributed by atoms with Gasteiger partial charge in [0.2, 0.25) is 0 Å². The molecule has 4 aliphatic rings. The highest BCUT2D eigenvalue weighted by atomic mass is 16.3.